The van der Waals surface area contributed by atoms with Crippen LogP contribution in [0.2, 0.25) is 0 Å². The molecule has 1 aromatic carbocycles. The van der Waals surface area contributed by atoms with Crippen LogP contribution in [0, 0.1) is 11.3 Å². The third-order valence-corrected chi connectivity index (χ3v) is 5.18. The lowest BCUT2D eigenvalue weighted by Crippen LogP contribution is -2.28. The van der Waals surface area contributed by atoms with Gasteiger partial charge in [-0.3, -0.25) is 4.79 Å². The Morgan fingerprint density at radius 1 is 1.27 bits per heavy atom. The summed E-state index contributed by atoms with van der Waals surface area (Å²) in [6.45, 7) is 4.21. The Balaban J connectivity index is 2.19. The Kier molecular flexibility index (Phi) is 5.58. The number of methoxy groups -OCH3 is 1. The first-order valence-electron chi connectivity index (χ1n) is 9.12. The van der Waals surface area contributed by atoms with Gasteiger partial charge in [0, 0.05) is 17.8 Å². The fourth-order valence-corrected chi connectivity index (χ4v) is 3.83. The molecule has 0 spiro atoms. The second-order valence-corrected chi connectivity index (χ2v) is 6.74. The van der Waals surface area contributed by atoms with Gasteiger partial charge in [-0.1, -0.05) is 37.5 Å². The Hall–Kier alpha value is -2.80. The predicted octanol–water partition coefficient (Wildman–Crippen LogP) is 4.63. The van der Waals surface area contributed by atoms with Crippen molar-refractivity contribution in [3.63, 3.8) is 0 Å². The van der Waals surface area contributed by atoms with E-state index in [9.17, 15) is 10.1 Å². The van der Waals surface area contributed by atoms with Crippen molar-refractivity contribution in [1.82, 2.24) is 4.57 Å². The largest absolute Gasteiger partial charge is 0.497 e. The van der Waals surface area contributed by atoms with Crippen molar-refractivity contribution in [2.45, 2.75) is 44.6 Å². The lowest BCUT2D eigenvalue weighted by atomic mass is 9.85. The molecule has 0 amide bonds. The Morgan fingerprint density at radius 2 is 1.96 bits per heavy atom. The van der Waals surface area contributed by atoms with Crippen LogP contribution in [0.1, 0.15) is 49.3 Å². The zero-order valence-corrected chi connectivity index (χ0v) is 15.2. The van der Waals surface area contributed by atoms with Crippen LogP contribution in [-0.2, 0) is 6.54 Å². The van der Waals surface area contributed by atoms with Crippen LogP contribution in [0.15, 0.2) is 47.8 Å². The van der Waals surface area contributed by atoms with Crippen LogP contribution in [0.3, 0.4) is 0 Å². The topological polar surface area (TPSA) is 55.0 Å². The zero-order valence-electron chi connectivity index (χ0n) is 15.2. The standard InChI is InChI=1S/C22H24N2O2/c1-3-13-24-21(17-7-5-4-6-8-17)14-19(20(15-23)22(24)25)16-9-11-18(26-2)12-10-16/h3,9-12,14,17H,1,4-8,13H2,2H3. The van der Waals surface area contributed by atoms with Gasteiger partial charge in [-0.25, -0.2) is 0 Å². The third-order valence-electron chi connectivity index (χ3n) is 5.18. The molecule has 4 nitrogen and oxygen atoms in total. The van der Waals surface area contributed by atoms with Crippen molar-refractivity contribution in [2.24, 2.45) is 0 Å². The molecule has 0 saturated heterocycles. The first-order chi connectivity index (χ1) is 12.7. The van der Waals surface area contributed by atoms with Gasteiger partial charge in [-0.2, -0.15) is 5.26 Å². The molecule has 0 bridgehead atoms. The molecular weight excluding hydrogens is 324 g/mol. The van der Waals surface area contributed by atoms with Gasteiger partial charge in [0.05, 0.1) is 7.11 Å². The second kappa shape index (κ2) is 8.05. The lowest BCUT2D eigenvalue weighted by molar-refractivity contribution is 0.415. The number of hydrogen-bond acceptors (Lipinski definition) is 3. The first kappa shape index (κ1) is 18.0. The average molecular weight is 348 g/mol. The molecule has 1 aliphatic carbocycles. The van der Waals surface area contributed by atoms with Crippen molar-refractivity contribution >= 4 is 0 Å². The van der Waals surface area contributed by atoms with Gasteiger partial charge < -0.3 is 9.30 Å². The lowest BCUT2D eigenvalue weighted by Gasteiger charge is -2.26. The van der Waals surface area contributed by atoms with Crippen LogP contribution in [0.25, 0.3) is 11.1 Å². The summed E-state index contributed by atoms with van der Waals surface area (Å²) >= 11 is 0. The van der Waals surface area contributed by atoms with E-state index in [1.807, 2.05) is 30.3 Å². The van der Waals surface area contributed by atoms with Gasteiger partial charge >= 0.3 is 0 Å². The van der Waals surface area contributed by atoms with Crippen molar-refractivity contribution in [3.8, 4) is 22.9 Å². The normalized spacial score (nSPS) is 14.6. The molecule has 0 aliphatic heterocycles. The molecule has 0 atom stereocenters. The first-order valence-corrected chi connectivity index (χ1v) is 9.12. The van der Waals surface area contributed by atoms with E-state index in [1.165, 1.54) is 19.3 Å². The smallest absolute Gasteiger partial charge is 0.269 e. The van der Waals surface area contributed by atoms with E-state index in [1.54, 1.807) is 17.8 Å². The predicted molar refractivity (Wildman–Crippen MR) is 103 cm³/mol. The average Bonchev–Trinajstić information content (AvgIpc) is 2.70. The number of nitrogens with zero attached hydrogens (tertiary/aromatic N) is 2. The molecule has 1 fully saturated rings. The molecule has 134 valence electrons. The van der Waals surface area contributed by atoms with E-state index in [4.69, 9.17) is 4.74 Å². The molecule has 0 radical (unpaired) electrons. The molecular formula is C22H24N2O2. The van der Waals surface area contributed by atoms with Crippen LogP contribution in [-0.4, -0.2) is 11.7 Å². The maximum absolute atomic E-state index is 13.0. The Labute approximate surface area is 154 Å². The molecule has 26 heavy (non-hydrogen) atoms. The third kappa shape index (κ3) is 3.43. The monoisotopic (exact) mass is 348 g/mol. The number of aromatic nitrogens is 1. The van der Waals surface area contributed by atoms with Crippen LogP contribution in [0.5, 0.6) is 5.75 Å². The number of allylic oxidation sites excluding steroid dienone is 1. The number of nitriles is 1. The Morgan fingerprint density at radius 3 is 2.54 bits per heavy atom. The van der Waals surface area contributed by atoms with E-state index in [0.717, 1.165) is 29.8 Å². The number of pyridine rings is 1. The summed E-state index contributed by atoms with van der Waals surface area (Å²) in [4.78, 5) is 13.0. The van der Waals surface area contributed by atoms with E-state index in [2.05, 4.69) is 12.6 Å². The van der Waals surface area contributed by atoms with E-state index in [0.29, 0.717) is 18.0 Å². The highest BCUT2D eigenvalue weighted by atomic mass is 16.5. The summed E-state index contributed by atoms with van der Waals surface area (Å²) in [6, 6.07) is 11.7. The molecule has 4 heteroatoms. The molecule has 1 heterocycles. The summed E-state index contributed by atoms with van der Waals surface area (Å²) in [5.74, 6) is 1.11. The van der Waals surface area contributed by atoms with Crippen LogP contribution < -0.4 is 10.3 Å². The Bertz CT molecular complexity index is 882. The SMILES string of the molecule is C=CCn1c(C2CCCCC2)cc(-c2ccc(OC)cc2)c(C#N)c1=O. The summed E-state index contributed by atoms with van der Waals surface area (Å²) in [5.41, 5.74) is 2.57. The molecule has 0 unspecified atom stereocenters. The van der Waals surface area contributed by atoms with Gasteiger partial charge in [0.2, 0.25) is 0 Å². The van der Waals surface area contributed by atoms with Gasteiger partial charge in [-0.15, -0.1) is 6.58 Å². The van der Waals surface area contributed by atoms with E-state index < -0.39 is 0 Å². The highest BCUT2D eigenvalue weighted by Gasteiger charge is 2.23. The highest BCUT2D eigenvalue weighted by molar-refractivity contribution is 5.71. The second-order valence-electron chi connectivity index (χ2n) is 6.74. The molecule has 1 aliphatic rings. The van der Waals surface area contributed by atoms with E-state index >= 15 is 0 Å². The number of rotatable bonds is 5. The fraction of sp³-hybridized carbons (Fsp3) is 0.364. The summed E-state index contributed by atoms with van der Waals surface area (Å²) in [5, 5.41) is 9.64. The van der Waals surface area contributed by atoms with Gasteiger partial charge in [0.25, 0.3) is 5.56 Å². The van der Waals surface area contributed by atoms with E-state index in [-0.39, 0.29) is 11.1 Å². The number of ether oxygens (including phenoxy) is 1. The van der Waals surface area contributed by atoms with Gasteiger partial charge in [0.1, 0.15) is 17.4 Å². The summed E-state index contributed by atoms with van der Waals surface area (Å²) in [7, 11) is 1.62. The minimum absolute atomic E-state index is 0.191. The van der Waals surface area contributed by atoms with Gasteiger partial charge in [-0.05, 0) is 42.5 Å². The fourth-order valence-electron chi connectivity index (χ4n) is 3.83. The molecule has 1 aromatic heterocycles. The highest BCUT2D eigenvalue weighted by Crippen LogP contribution is 2.35. The van der Waals surface area contributed by atoms with Crippen molar-refractivity contribution in [1.29, 1.82) is 5.26 Å². The zero-order chi connectivity index (χ0) is 18.5. The number of hydrogen-bond donors (Lipinski definition) is 0. The number of benzene rings is 1. The van der Waals surface area contributed by atoms with Crippen molar-refractivity contribution < 1.29 is 4.74 Å². The molecule has 2 aromatic rings. The van der Waals surface area contributed by atoms with Crippen molar-refractivity contribution in [2.75, 3.05) is 7.11 Å². The molecule has 0 N–H and O–H groups in total. The molecule has 3 rings (SSSR count). The maximum Gasteiger partial charge on any atom is 0.269 e. The van der Waals surface area contributed by atoms with Crippen LogP contribution >= 0.6 is 0 Å². The maximum atomic E-state index is 13.0. The van der Waals surface area contributed by atoms with Gasteiger partial charge in [0.15, 0.2) is 0 Å². The van der Waals surface area contributed by atoms with Crippen LogP contribution in [0.4, 0.5) is 0 Å². The minimum atomic E-state index is -0.221. The summed E-state index contributed by atoms with van der Waals surface area (Å²) < 4.78 is 6.94. The molecule has 1 saturated carbocycles. The summed E-state index contributed by atoms with van der Waals surface area (Å²) in [6.07, 6.45) is 7.52. The quantitative estimate of drug-likeness (QED) is 0.740. The minimum Gasteiger partial charge on any atom is -0.497 e. The van der Waals surface area contributed by atoms with Crippen molar-refractivity contribution in [3.05, 3.63) is 64.6 Å².